The Kier molecular flexibility index (Phi) is 4.05. The minimum atomic E-state index is -0.947. The van der Waals surface area contributed by atoms with Crippen LogP contribution in [0.1, 0.15) is 27.2 Å². The second kappa shape index (κ2) is 5.98. The van der Waals surface area contributed by atoms with Crippen LogP contribution in [0.3, 0.4) is 0 Å². The third-order valence-electron chi connectivity index (χ3n) is 3.84. The molecule has 1 aliphatic heterocycles. The fourth-order valence-electron chi connectivity index (χ4n) is 2.53. The van der Waals surface area contributed by atoms with E-state index in [-0.39, 0.29) is 23.5 Å². The van der Waals surface area contributed by atoms with Crippen molar-refractivity contribution in [1.29, 1.82) is 0 Å². The summed E-state index contributed by atoms with van der Waals surface area (Å²) in [5, 5.41) is 9.84. The number of hydrogen-bond acceptors (Lipinski definition) is 4. The number of pyridine rings is 1. The highest BCUT2D eigenvalue weighted by Crippen LogP contribution is 2.13. The maximum atomic E-state index is 13.5. The van der Waals surface area contributed by atoms with Crippen molar-refractivity contribution in [2.24, 2.45) is 0 Å². The van der Waals surface area contributed by atoms with Crippen LogP contribution in [0.5, 0.6) is 0 Å². The van der Waals surface area contributed by atoms with Crippen LogP contribution in [0.2, 0.25) is 0 Å². The van der Waals surface area contributed by atoms with E-state index in [0.717, 1.165) is 17.5 Å². The lowest BCUT2D eigenvalue weighted by atomic mass is 9.73. The number of ketones is 1. The maximum Gasteiger partial charge on any atom is 0.491 e. The molecular weight excluding hydrogens is 284 g/mol. The van der Waals surface area contributed by atoms with Crippen molar-refractivity contribution in [3.05, 3.63) is 58.7 Å². The Bertz CT molecular complexity index is 735. The van der Waals surface area contributed by atoms with Gasteiger partial charge in [-0.25, -0.2) is 4.39 Å². The van der Waals surface area contributed by atoms with E-state index in [0.29, 0.717) is 12.1 Å². The molecule has 0 amide bonds. The summed E-state index contributed by atoms with van der Waals surface area (Å²) in [5.41, 5.74) is 3.00. The van der Waals surface area contributed by atoms with Crippen LogP contribution in [0.4, 0.5) is 4.39 Å². The molecule has 0 saturated carbocycles. The minimum absolute atomic E-state index is 0.129. The molecule has 2 aromatic rings. The summed E-state index contributed by atoms with van der Waals surface area (Å²) in [5.74, 6) is -0.697. The molecule has 0 radical (unpaired) electrons. The standard InChI is InChI=1S/C16H15BFNO3/c1-10-15(18)8-13(9-19-10)16(20)7-11-2-3-12-4-5-22-17(21)14(12)6-11/h2-3,6,8-9,21H,4-5,7H2,1H3. The van der Waals surface area contributed by atoms with Gasteiger partial charge < -0.3 is 9.68 Å². The largest absolute Gasteiger partial charge is 0.491 e. The van der Waals surface area contributed by atoms with E-state index in [4.69, 9.17) is 4.65 Å². The second-order valence-corrected chi connectivity index (χ2v) is 5.40. The Hall–Kier alpha value is -2.05. The number of rotatable bonds is 3. The average molecular weight is 299 g/mol. The number of carbonyl (C=O) groups is 1. The van der Waals surface area contributed by atoms with Gasteiger partial charge in [0.05, 0.1) is 5.69 Å². The predicted molar refractivity (Wildman–Crippen MR) is 80.7 cm³/mol. The number of carbonyl (C=O) groups excluding carboxylic acids is 1. The molecule has 0 bridgehead atoms. The van der Waals surface area contributed by atoms with Crippen molar-refractivity contribution >= 4 is 18.4 Å². The number of Topliss-reactive ketones (excluding diaryl/α,β-unsaturated/α-hetero) is 1. The molecule has 6 heteroatoms. The summed E-state index contributed by atoms with van der Waals surface area (Å²) in [6.07, 6.45) is 2.26. The number of hydrogen-bond donors (Lipinski definition) is 1. The molecule has 3 rings (SSSR count). The summed E-state index contributed by atoms with van der Waals surface area (Å²) < 4.78 is 18.7. The fraction of sp³-hybridized carbons (Fsp3) is 0.250. The van der Waals surface area contributed by atoms with Crippen LogP contribution in [0.25, 0.3) is 0 Å². The number of fused-ring (bicyclic) bond motifs is 1. The van der Waals surface area contributed by atoms with E-state index in [1.165, 1.54) is 12.3 Å². The Morgan fingerprint density at radius 2 is 2.27 bits per heavy atom. The second-order valence-electron chi connectivity index (χ2n) is 5.40. The van der Waals surface area contributed by atoms with Crippen molar-refractivity contribution in [2.45, 2.75) is 19.8 Å². The number of halogens is 1. The van der Waals surface area contributed by atoms with Crippen molar-refractivity contribution in [3.8, 4) is 0 Å². The first-order valence-electron chi connectivity index (χ1n) is 7.11. The highest BCUT2D eigenvalue weighted by molar-refractivity contribution is 6.60. The highest BCUT2D eigenvalue weighted by Gasteiger charge is 2.25. The van der Waals surface area contributed by atoms with Crippen LogP contribution in [0.15, 0.2) is 30.5 Å². The van der Waals surface area contributed by atoms with Crippen LogP contribution < -0.4 is 5.46 Å². The molecule has 2 heterocycles. The van der Waals surface area contributed by atoms with Crippen molar-refractivity contribution in [1.82, 2.24) is 4.98 Å². The Morgan fingerprint density at radius 1 is 1.45 bits per heavy atom. The molecule has 0 spiro atoms. The Labute approximate surface area is 128 Å². The zero-order valence-corrected chi connectivity index (χ0v) is 12.2. The van der Waals surface area contributed by atoms with Crippen LogP contribution in [0, 0.1) is 12.7 Å². The average Bonchev–Trinajstić information content (AvgIpc) is 2.51. The Morgan fingerprint density at radius 3 is 3.05 bits per heavy atom. The minimum Gasteiger partial charge on any atom is -0.423 e. The van der Waals surface area contributed by atoms with Gasteiger partial charge >= 0.3 is 7.12 Å². The van der Waals surface area contributed by atoms with Gasteiger partial charge in [0.15, 0.2) is 5.78 Å². The third kappa shape index (κ3) is 2.93. The zero-order valence-electron chi connectivity index (χ0n) is 12.2. The lowest BCUT2D eigenvalue weighted by molar-refractivity contribution is 0.0992. The summed E-state index contributed by atoms with van der Waals surface area (Å²) in [4.78, 5) is 16.1. The molecule has 0 unspecified atom stereocenters. The molecule has 1 aromatic heterocycles. The van der Waals surface area contributed by atoms with Gasteiger partial charge in [-0.15, -0.1) is 0 Å². The maximum absolute atomic E-state index is 13.5. The fourth-order valence-corrected chi connectivity index (χ4v) is 2.53. The molecule has 0 fully saturated rings. The van der Waals surface area contributed by atoms with Gasteiger partial charge in [0.2, 0.25) is 0 Å². The van der Waals surface area contributed by atoms with E-state index in [1.54, 1.807) is 13.0 Å². The molecule has 112 valence electrons. The number of aromatic nitrogens is 1. The van der Waals surface area contributed by atoms with E-state index in [2.05, 4.69) is 4.98 Å². The van der Waals surface area contributed by atoms with E-state index in [9.17, 15) is 14.2 Å². The lowest BCUT2D eigenvalue weighted by Gasteiger charge is -2.19. The van der Waals surface area contributed by atoms with Crippen LogP contribution >= 0.6 is 0 Å². The topological polar surface area (TPSA) is 59.4 Å². The molecular formula is C16H15BFNO3. The molecule has 1 N–H and O–H groups in total. The quantitative estimate of drug-likeness (QED) is 0.684. The van der Waals surface area contributed by atoms with Gasteiger partial charge in [-0.05, 0) is 36.0 Å². The van der Waals surface area contributed by atoms with Crippen molar-refractivity contribution in [2.75, 3.05) is 6.61 Å². The first kappa shape index (κ1) is 14.9. The van der Waals surface area contributed by atoms with Crippen molar-refractivity contribution < 1.29 is 18.9 Å². The van der Waals surface area contributed by atoms with Gasteiger partial charge in [-0.1, -0.05) is 18.2 Å². The lowest BCUT2D eigenvalue weighted by Crippen LogP contribution is -2.41. The normalized spacial score (nSPS) is 13.9. The van der Waals surface area contributed by atoms with E-state index >= 15 is 0 Å². The summed E-state index contributed by atoms with van der Waals surface area (Å²) in [7, 11) is -0.947. The zero-order chi connectivity index (χ0) is 15.7. The SMILES string of the molecule is Cc1ncc(C(=O)Cc2ccc3c(c2)B(O)OCC3)cc1F. The first-order valence-corrected chi connectivity index (χ1v) is 7.11. The molecule has 0 aliphatic carbocycles. The monoisotopic (exact) mass is 299 g/mol. The number of aryl methyl sites for hydroxylation is 1. The molecule has 0 atom stereocenters. The summed E-state index contributed by atoms with van der Waals surface area (Å²) in [6, 6.07) is 6.74. The van der Waals surface area contributed by atoms with E-state index < -0.39 is 12.9 Å². The molecule has 0 saturated heterocycles. The summed E-state index contributed by atoms with van der Waals surface area (Å²) in [6.45, 7) is 2.04. The third-order valence-corrected chi connectivity index (χ3v) is 3.84. The number of benzene rings is 1. The van der Waals surface area contributed by atoms with E-state index in [1.807, 2.05) is 12.1 Å². The van der Waals surface area contributed by atoms with Crippen LogP contribution in [-0.4, -0.2) is 29.5 Å². The smallest absolute Gasteiger partial charge is 0.423 e. The number of nitrogens with zero attached hydrogens (tertiary/aromatic N) is 1. The van der Waals surface area contributed by atoms with Gasteiger partial charge in [0, 0.05) is 24.8 Å². The van der Waals surface area contributed by atoms with Gasteiger partial charge in [-0.3, -0.25) is 9.78 Å². The van der Waals surface area contributed by atoms with Crippen LogP contribution in [-0.2, 0) is 17.5 Å². The van der Waals surface area contributed by atoms with Gasteiger partial charge in [0.1, 0.15) is 5.82 Å². The first-order chi connectivity index (χ1) is 10.5. The molecule has 4 nitrogen and oxygen atoms in total. The molecule has 22 heavy (non-hydrogen) atoms. The predicted octanol–water partition coefficient (Wildman–Crippen LogP) is 1.21. The van der Waals surface area contributed by atoms with Gasteiger partial charge in [-0.2, -0.15) is 0 Å². The van der Waals surface area contributed by atoms with Crippen molar-refractivity contribution in [3.63, 3.8) is 0 Å². The highest BCUT2D eigenvalue weighted by atomic mass is 19.1. The molecule has 1 aromatic carbocycles. The molecule has 1 aliphatic rings. The Balaban J connectivity index is 1.82. The van der Waals surface area contributed by atoms with Gasteiger partial charge in [0.25, 0.3) is 0 Å². The summed E-state index contributed by atoms with van der Waals surface area (Å²) >= 11 is 0.